The van der Waals surface area contributed by atoms with Crippen molar-refractivity contribution in [3.8, 4) is 17.0 Å². The third-order valence-corrected chi connectivity index (χ3v) is 4.73. The van der Waals surface area contributed by atoms with Crippen LogP contribution in [-0.4, -0.2) is 19.7 Å². The van der Waals surface area contributed by atoms with Crippen LogP contribution in [0.15, 0.2) is 70.4 Å². The van der Waals surface area contributed by atoms with Crippen molar-refractivity contribution in [2.24, 2.45) is 0 Å². The lowest BCUT2D eigenvalue weighted by Gasteiger charge is -2.07. The van der Waals surface area contributed by atoms with Crippen LogP contribution in [0.1, 0.15) is 11.7 Å². The fourth-order valence-electron chi connectivity index (χ4n) is 2.56. The van der Waals surface area contributed by atoms with E-state index in [4.69, 9.17) is 4.42 Å². The minimum Gasteiger partial charge on any atom is -0.440 e. The molecule has 4 rings (SSSR count). The average Bonchev–Trinajstić information content (AvgIpc) is 3.28. The molecule has 0 N–H and O–H groups in total. The number of nitrogens with zero attached hydrogens (tertiary/aromatic N) is 4. The van der Waals surface area contributed by atoms with E-state index < -0.39 is 0 Å². The number of oxazole rings is 1. The maximum Gasteiger partial charge on any atom is 0.205 e. The molecule has 0 aliphatic heterocycles. The van der Waals surface area contributed by atoms with E-state index >= 15 is 0 Å². The largest absolute Gasteiger partial charge is 0.440 e. The number of thioether (sulfide) groups is 1. The third-order valence-electron chi connectivity index (χ3n) is 3.82. The van der Waals surface area contributed by atoms with Crippen molar-refractivity contribution >= 4 is 11.8 Å². The van der Waals surface area contributed by atoms with Crippen LogP contribution < -0.4 is 0 Å². The summed E-state index contributed by atoms with van der Waals surface area (Å²) in [6.45, 7) is 1.92. The molecule has 0 saturated heterocycles. The molecule has 4 aromatic rings. The highest BCUT2D eigenvalue weighted by Gasteiger charge is 2.13. The normalized spacial score (nSPS) is 11.0. The van der Waals surface area contributed by atoms with Gasteiger partial charge in [0.2, 0.25) is 5.89 Å². The molecule has 0 atom stereocenters. The Balaban J connectivity index is 1.51. The van der Waals surface area contributed by atoms with Crippen molar-refractivity contribution in [2.45, 2.75) is 17.8 Å². The van der Waals surface area contributed by atoms with Crippen molar-refractivity contribution in [3.63, 3.8) is 0 Å². The molecular formula is C19H15FN4OS. The van der Waals surface area contributed by atoms with Gasteiger partial charge in [-0.3, -0.25) is 4.57 Å². The molecule has 2 aromatic heterocycles. The number of benzene rings is 2. The van der Waals surface area contributed by atoms with Gasteiger partial charge in [0, 0.05) is 11.3 Å². The Kier molecular flexibility index (Phi) is 4.53. The predicted molar refractivity (Wildman–Crippen MR) is 97.6 cm³/mol. The first-order valence-electron chi connectivity index (χ1n) is 8.01. The number of rotatable bonds is 5. The second kappa shape index (κ2) is 7.13. The fraction of sp³-hybridized carbons (Fsp3) is 0.105. The van der Waals surface area contributed by atoms with Gasteiger partial charge in [-0.25, -0.2) is 9.37 Å². The van der Waals surface area contributed by atoms with Gasteiger partial charge in [0.15, 0.2) is 10.9 Å². The van der Waals surface area contributed by atoms with Crippen LogP contribution in [-0.2, 0) is 5.75 Å². The third kappa shape index (κ3) is 3.39. The Bertz CT molecular complexity index is 1010. The molecule has 0 unspecified atom stereocenters. The molecule has 0 radical (unpaired) electrons. The molecule has 2 heterocycles. The highest BCUT2D eigenvalue weighted by molar-refractivity contribution is 7.98. The summed E-state index contributed by atoms with van der Waals surface area (Å²) in [5.41, 5.74) is 1.80. The van der Waals surface area contributed by atoms with Crippen LogP contribution in [0.4, 0.5) is 4.39 Å². The molecule has 0 bridgehead atoms. The van der Waals surface area contributed by atoms with Crippen LogP contribution in [0.3, 0.4) is 0 Å². The zero-order chi connectivity index (χ0) is 17.9. The molecule has 0 saturated carbocycles. The molecule has 130 valence electrons. The molecule has 0 spiro atoms. The molecule has 0 aliphatic rings. The Labute approximate surface area is 153 Å². The van der Waals surface area contributed by atoms with Crippen molar-refractivity contribution in [2.75, 3.05) is 0 Å². The smallest absolute Gasteiger partial charge is 0.205 e. The Morgan fingerprint density at radius 2 is 1.81 bits per heavy atom. The van der Waals surface area contributed by atoms with Gasteiger partial charge in [0.25, 0.3) is 0 Å². The molecule has 0 fully saturated rings. The molecule has 26 heavy (non-hydrogen) atoms. The summed E-state index contributed by atoms with van der Waals surface area (Å²) in [7, 11) is 0. The number of para-hydroxylation sites is 1. The first-order chi connectivity index (χ1) is 12.7. The predicted octanol–water partition coefficient (Wildman–Crippen LogP) is 4.66. The highest BCUT2D eigenvalue weighted by atomic mass is 32.2. The Hall–Kier alpha value is -2.93. The molecule has 0 aliphatic carbocycles. The van der Waals surface area contributed by atoms with E-state index in [0.717, 1.165) is 22.2 Å². The van der Waals surface area contributed by atoms with Gasteiger partial charge in [0.05, 0.1) is 11.9 Å². The zero-order valence-corrected chi connectivity index (χ0v) is 14.8. The summed E-state index contributed by atoms with van der Waals surface area (Å²) in [6, 6.07) is 16.1. The summed E-state index contributed by atoms with van der Waals surface area (Å²) in [5, 5.41) is 9.19. The molecule has 2 aromatic carbocycles. The van der Waals surface area contributed by atoms with Crippen LogP contribution in [0.2, 0.25) is 0 Å². The van der Waals surface area contributed by atoms with Gasteiger partial charge in [-0.05, 0) is 43.3 Å². The first kappa shape index (κ1) is 16.5. The summed E-state index contributed by atoms with van der Waals surface area (Å²) < 4.78 is 20.8. The topological polar surface area (TPSA) is 56.7 Å². The monoisotopic (exact) mass is 366 g/mol. The van der Waals surface area contributed by atoms with Crippen LogP contribution in [0, 0.1) is 12.7 Å². The molecule has 5 nitrogen and oxygen atoms in total. The average molecular weight is 366 g/mol. The van der Waals surface area contributed by atoms with E-state index in [0.29, 0.717) is 17.4 Å². The zero-order valence-electron chi connectivity index (χ0n) is 14.0. The van der Waals surface area contributed by atoms with Crippen molar-refractivity contribution in [1.82, 2.24) is 19.7 Å². The van der Waals surface area contributed by atoms with E-state index in [-0.39, 0.29) is 5.82 Å². The van der Waals surface area contributed by atoms with Gasteiger partial charge >= 0.3 is 0 Å². The summed E-state index contributed by atoms with van der Waals surface area (Å²) in [6.07, 6.45) is 1.65. The van der Waals surface area contributed by atoms with E-state index in [9.17, 15) is 4.39 Å². The van der Waals surface area contributed by atoms with E-state index in [1.807, 2.05) is 41.8 Å². The lowest BCUT2D eigenvalue weighted by Crippen LogP contribution is -1.98. The second-order valence-electron chi connectivity index (χ2n) is 5.61. The van der Waals surface area contributed by atoms with E-state index in [1.165, 1.54) is 23.9 Å². The van der Waals surface area contributed by atoms with Gasteiger partial charge in [-0.1, -0.05) is 30.0 Å². The SMILES string of the molecule is Cc1nnc(SCc2ncc(-c3ccc(F)cc3)o2)n1-c1ccccc1. The van der Waals surface area contributed by atoms with Crippen LogP contribution in [0.25, 0.3) is 17.0 Å². The maximum absolute atomic E-state index is 13.0. The fourth-order valence-corrected chi connectivity index (χ4v) is 3.41. The Morgan fingerprint density at radius 3 is 2.58 bits per heavy atom. The van der Waals surface area contributed by atoms with Gasteiger partial charge < -0.3 is 4.42 Å². The standard InChI is InChI=1S/C19H15FN4OS/c1-13-22-23-19(24(13)16-5-3-2-4-6-16)26-12-18-21-11-17(25-18)14-7-9-15(20)10-8-14/h2-11H,12H2,1H3. The summed E-state index contributed by atoms with van der Waals surface area (Å²) >= 11 is 1.50. The molecular weight excluding hydrogens is 351 g/mol. The van der Waals surface area contributed by atoms with Crippen molar-refractivity contribution in [3.05, 3.63) is 78.3 Å². The lowest BCUT2D eigenvalue weighted by molar-refractivity contribution is 0.529. The highest BCUT2D eigenvalue weighted by Crippen LogP contribution is 2.27. The van der Waals surface area contributed by atoms with Crippen LogP contribution in [0.5, 0.6) is 0 Å². The van der Waals surface area contributed by atoms with Gasteiger partial charge in [-0.15, -0.1) is 10.2 Å². The maximum atomic E-state index is 13.0. The van der Waals surface area contributed by atoms with Crippen molar-refractivity contribution in [1.29, 1.82) is 0 Å². The minimum absolute atomic E-state index is 0.278. The first-order valence-corrected chi connectivity index (χ1v) is 9.00. The number of halogens is 1. The number of aromatic nitrogens is 4. The lowest BCUT2D eigenvalue weighted by atomic mass is 10.2. The van der Waals surface area contributed by atoms with Crippen LogP contribution >= 0.6 is 11.8 Å². The quantitative estimate of drug-likeness (QED) is 0.481. The number of aryl methyl sites for hydroxylation is 1. The van der Waals surface area contributed by atoms with E-state index in [1.54, 1.807) is 18.3 Å². The number of hydrogen-bond donors (Lipinski definition) is 0. The molecule has 0 amide bonds. The van der Waals surface area contributed by atoms with E-state index in [2.05, 4.69) is 15.2 Å². The van der Waals surface area contributed by atoms with Gasteiger partial charge in [0.1, 0.15) is 11.6 Å². The molecule has 7 heteroatoms. The minimum atomic E-state index is -0.278. The summed E-state index contributed by atoms with van der Waals surface area (Å²) in [5.74, 6) is 2.25. The van der Waals surface area contributed by atoms with Crippen molar-refractivity contribution < 1.29 is 8.81 Å². The van der Waals surface area contributed by atoms with Gasteiger partial charge in [-0.2, -0.15) is 0 Å². The number of hydrogen-bond acceptors (Lipinski definition) is 5. The Morgan fingerprint density at radius 1 is 1.04 bits per heavy atom. The second-order valence-corrected chi connectivity index (χ2v) is 6.56. The summed E-state index contributed by atoms with van der Waals surface area (Å²) in [4.78, 5) is 4.30.